The molecule has 1 saturated heterocycles. The van der Waals surface area contributed by atoms with Crippen LogP contribution in [-0.4, -0.2) is 42.3 Å². The summed E-state index contributed by atoms with van der Waals surface area (Å²) in [6.45, 7) is 14.6. The zero-order chi connectivity index (χ0) is 19.8. The quantitative estimate of drug-likeness (QED) is 0.820. The summed E-state index contributed by atoms with van der Waals surface area (Å²) in [7, 11) is 0. The molecule has 1 fully saturated rings. The number of aryl methyl sites for hydroxylation is 1. The number of nitrogens with zero attached hydrogens (tertiary/aromatic N) is 1. The molecule has 150 valence electrons. The van der Waals surface area contributed by atoms with E-state index in [0.29, 0.717) is 5.92 Å². The Morgan fingerprint density at radius 1 is 1.33 bits per heavy atom. The van der Waals surface area contributed by atoms with Gasteiger partial charge in [0.15, 0.2) is 0 Å². The Hall–Kier alpha value is -1.91. The molecule has 0 radical (unpaired) electrons. The van der Waals surface area contributed by atoms with E-state index in [4.69, 9.17) is 9.47 Å². The average molecular weight is 375 g/mol. The van der Waals surface area contributed by atoms with E-state index in [1.807, 2.05) is 25.7 Å². The number of piperidine rings is 1. The van der Waals surface area contributed by atoms with E-state index in [-0.39, 0.29) is 12.2 Å². The zero-order valence-electron chi connectivity index (χ0n) is 17.6. The molecule has 2 aliphatic rings. The molecule has 1 N–H and O–H groups in total. The van der Waals surface area contributed by atoms with Crippen molar-refractivity contribution in [2.24, 2.45) is 0 Å². The number of hydrogen-bond acceptors (Lipinski definition) is 4. The van der Waals surface area contributed by atoms with Gasteiger partial charge < -0.3 is 19.7 Å². The highest BCUT2D eigenvalue weighted by Gasteiger charge is 2.33. The van der Waals surface area contributed by atoms with E-state index >= 15 is 0 Å². The topological polar surface area (TPSA) is 50.8 Å². The molecule has 2 aliphatic heterocycles. The summed E-state index contributed by atoms with van der Waals surface area (Å²) in [5.74, 6) is 1.52. The fourth-order valence-electron chi connectivity index (χ4n) is 4.32. The van der Waals surface area contributed by atoms with Gasteiger partial charge in [-0.05, 0) is 77.5 Å². The van der Waals surface area contributed by atoms with Crippen molar-refractivity contribution in [2.75, 3.05) is 25.0 Å². The molecule has 0 spiro atoms. The Bertz CT molecular complexity index is 700. The van der Waals surface area contributed by atoms with Gasteiger partial charge in [-0.15, -0.1) is 0 Å². The molecule has 27 heavy (non-hydrogen) atoms. The first kappa shape index (κ1) is 19.8. The first-order chi connectivity index (χ1) is 12.7. The second-order valence-electron chi connectivity index (χ2n) is 8.87. The maximum Gasteiger partial charge on any atom is 0.410 e. The van der Waals surface area contributed by atoms with Crippen molar-refractivity contribution >= 4 is 11.8 Å². The number of likely N-dealkylation sites (tertiary alicyclic amines) is 1. The lowest BCUT2D eigenvalue weighted by molar-refractivity contribution is 0.0204. The molecule has 0 aliphatic carbocycles. The van der Waals surface area contributed by atoms with Gasteiger partial charge in [0, 0.05) is 31.6 Å². The number of nitrogens with one attached hydrogen (secondary N) is 1. The molecule has 1 aromatic carbocycles. The molecule has 5 heteroatoms. The minimum atomic E-state index is -0.444. The number of hydrogen-bond donors (Lipinski definition) is 1. The van der Waals surface area contributed by atoms with Crippen LogP contribution in [0.3, 0.4) is 0 Å². The van der Waals surface area contributed by atoms with Crippen LogP contribution in [0.25, 0.3) is 0 Å². The number of carbonyl (C=O) groups excluding carboxylic acids is 1. The summed E-state index contributed by atoms with van der Waals surface area (Å²) < 4.78 is 11.7. The summed E-state index contributed by atoms with van der Waals surface area (Å²) >= 11 is 0. The monoisotopic (exact) mass is 374 g/mol. The second kappa shape index (κ2) is 7.61. The Morgan fingerprint density at radius 2 is 2.00 bits per heavy atom. The SMILES string of the molecule is CCNc1cc(C)c(C2CCN(C(=O)OC(C)(C)C)CC2)c2c1O[C@H](C)C2. The third kappa shape index (κ3) is 4.33. The molecular weight excluding hydrogens is 340 g/mol. The van der Waals surface area contributed by atoms with Crippen molar-refractivity contribution in [3.63, 3.8) is 0 Å². The van der Waals surface area contributed by atoms with Gasteiger partial charge >= 0.3 is 6.09 Å². The number of rotatable bonds is 3. The fourth-order valence-corrected chi connectivity index (χ4v) is 4.32. The Labute approximate surface area is 163 Å². The summed E-state index contributed by atoms with van der Waals surface area (Å²) in [5, 5.41) is 3.45. The van der Waals surface area contributed by atoms with E-state index < -0.39 is 5.60 Å². The summed E-state index contributed by atoms with van der Waals surface area (Å²) in [6.07, 6.45) is 2.95. The van der Waals surface area contributed by atoms with Crippen molar-refractivity contribution in [3.8, 4) is 5.75 Å². The third-order valence-corrected chi connectivity index (χ3v) is 5.36. The van der Waals surface area contributed by atoms with E-state index in [1.165, 1.54) is 16.7 Å². The van der Waals surface area contributed by atoms with Crippen LogP contribution < -0.4 is 10.1 Å². The average Bonchev–Trinajstić information content (AvgIpc) is 2.95. The van der Waals surface area contributed by atoms with Crippen molar-refractivity contribution in [2.45, 2.75) is 78.4 Å². The molecule has 2 heterocycles. The summed E-state index contributed by atoms with van der Waals surface area (Å²) in [6, 6.07) is 2.23. The maximum absolute atomic E-state index is 12.3. The van der Waals surface area contributed by atoms with Crippen LogP contribution in [0.2, 0.25) is 0 Å². The number of ether oxygens (including phenoxy) is 2. The van der Waals surface area contributed by atoms with Crippen molar-refractivity contribution < 1.29 is 14.3 Å². The number of anilines is 1. The van der Waals surface area contributed by atoms with E-state index in [2.05, 4.69) is 32.2 Å². The van der Waals surface area contributed by atoms with Crippen LogP contribution in [0.1, 0.15) is 70.1 Å². The van der Waals surface area contributed by atoms with E-state index in [0.717, 1.165) is 50.3 Å². The number of benzene rings is 1. The fraction of sp³-hybridized carbons (Fsp3) is 0.682. The van der Waals surface area contributed by atoms with Crippen LogP contribution in [-0.2, 0) is 11.2 Å². The van der Waals surface area contributed by atoms with Gasteiger partial charge in [0.1, 0.15) is 17.5 Å². The second-order valence-corrected chi connectivity index (χ2v) is 8.87. The lowest BCUT2D eigenvalue weighted by Gasteiger charge is -2.34. The summed E-state index contributed by atoms with van der Waals surface area (Å²) in [4.78, 5) is 14.2. The third-order valence-electron chi connectivity index (χ3n) is 5.36. The summed E-state index contributed by atoms with van der Waals surface area (Å²) in [5.41, 5.74) is 4.82. The van der Waals surface area contributed by atoms with Crippen LogP contribution in [0.5, 0.6) is 5.75 Å². The van der Waals surface area contributed by atoms with E-state index in [1.54, 1.807) is 0 Å². The van der Waals surface area contributed by atoms with Gasteiger partial charge in [0.05, 0.1) is 5.69 Å². The van der Waals surface area contributed by atoms with Crippen LogP contribution in [0.4, 0.5) is 10.5 Å². The standard InChI is InChI=1S/C22H34N2O3/c1-7-23-18-12-14(2)19(17-13-15(3)26-20(17)18)16-8-10-24(11-9-16)21(25)27-22(4,5)6/h12,15-16,23H,7-11,13H2,1-6H3/t15-/m1/s1. The van der Waals surface area contributed by atoms with Gasteiger partial charge in [-0.2, -0.15) is 0 Å². The molecular formula is C22H34N2O3. The van der Waals surface area contributed by atoms with Gasteiger partial charge in [-0.1, -0.05) is 0 Å². The smallest absolute Gasteiger partial charge is 0.410 e. The van der Waals surface area contributed by atoms with Crippen LogP contribution in [0, 0.1) is 6.92 Å². The molecule has 3 rings (SSSR count). The Kier molecular flexibility index (Phi) is 5.59. The zero-order valence-corrected chi connectivity index (χ0v) is 17.6. The highest BCUT2D eigenvalue weighted by Crippen LogP contribution is 2.45. The Balaban J connectivity index is 1.77. The largest absolute Gasteiger partial charge is 0.488 e. The molecule has 1 amide bonds. The number of carbonyl (C=O) groups is 1. The lowest BCUT2D eigenvalue weighted by Crippen LogP contribution is -2.41. The van der Waals surface area contributed by atoms with Gasteiger partial charge in [0.2, 0.25) is 0 Å². The van der Waals surface area contributed by atoms with Crippen molar-refractivity contribution in [3.05, 3.63) is 22.8 Å². The first-order valence-electron chi connectivity index (χ1n) is 10.2. The molecule has 1 atom stereocenters. The van der Waals surface area contributed by atoms with Crippen molar-refractivity contribution in [1.29, 1.82) is 0 Å². The molecule has 1 aromatic rings. The number of amides is 1. The Morgan fingerprint density at radius 3 is 2.59 bits per heavy atom. The number of fused-ring (bicyclic) bond motifs is 1. The molecule has 0 saturated carbocycles. The van der Waals surface area contributed by atoms with Gasteiger partial charge in [-0.3, -0.25) is 0 Å². The first-order valence-corrected chi connectivity index (χ1v) is 10.2. The predicted molar refractivity (Wildman–Crippen MR) is 109 cm³/mol. The predicted octanol–water partition coefficient (Wildman–Crippen LogP) is 4.86. The van der Waals surface area contributed by atoms with Gasteiger partial charge in [-0.25, -0.2) is 4.79 Å². The highest BCUT2D eigenvalue weighted by molar-refractivity contribution is 5.69. The minimum Gasteiger partial charge on any atom is -0.488 e. The lowest BCUT2D eigenvalue weighted by atomic mass is 9.82. The molecule has 0 unspecified atom stereocenters. The maximum atomic E-state index is 12.3. The van der Waals surface area contributed by atoms with Crippen LogP contribution in [0.15, 0.2) is 6.07 Å². The van der Waals surface area contributed by atoms with Crippen molar-refractivity contribution in [1.82, 2.24) is 4.90 Å². The highest BCUT2D eigenvalue weighted by atomic mass is 16.6. The molecule has 0 bridgehead atoms. The van der Waals surface area contributed by atoms with Crippen LogP contribution >= 0.6 is 0 Å². The minimum absolute atomic E-state index is 0.192. The normalized spacial score (nSPS) is 20.2. The van der Waals surface area contributed by atoms with Gasteiger partial charge in [0.25, 0.3) is 0 Å². The molecule has 5 nitrogen and oxygen atoms in total. The molecule has 0 aromatic heterocycles. The van der Waals surface area contributed by atoms with E-state index in [9.17, 15) is 4.79 Å².